The summed E-state index contributed by atoms with van der Waals surface area (Å²) in [7, 11) is 0. The van der Waals surface area contributed by atoms with Crippen molar-refractivity contribution in [1.29, 1.82) is 0 Å². The van der Waals surface area contributed by atoms with Crippen molar-refractivity contribution in [2.45, 2.75) is 32.7 Å². The molecule has 1 aromatic rings. The summed E-state index contributed by atoms with van der Waals surface area (Å²) < 4.78 is 44.3. The van der Waals surface area contributed by atoms with E-state index in [9.17, 15) is 17.7 Å². The third-order valence-corrected chi connectivity index (χ3v) is 4.33. The molecule has 0 aliphatic carbocycles. The molecule has 1 saturated heterocycles. The highest BCUT2D eigenvalue weighted by atomic mass is 127. The van der Waals surface area contributed by atoms with Gasteiger partial charge in [0.2, 0.25) is 0 Å². The van der Waals surface area contributed by atoms with E-state index < -0.39 is 18.9 Å². The summed E-state index contributed by atoms with van der Waals surface area (Å²) in [5.41, 5.74) is 0.507. The van der Waals surface area contributed by atoms with Crippen molar-refractivity contribution in [3.63, 3.8) is 0 Å². The fourth-order valence-electron chi connectivity index (χ4n) is 2.67. The lowest BCUT2D eigenvalue weighted by atomic mass is 9.82. The van der Waals surface area contributed by atoms with Gasteiger partial charge in [0.15, 0.2) is 0 Å². The predicted octanol–water partition coefficient (Wildman–Crippen LogP) is 4.28. The lowest BCUT2D eigenvalue weighted by Gasteiger charge is -2.37. The van der Waals surface area contributed by atoms with E-state index in [0.29, 0.717) is 26.2 Å². The number of piperazine rings is 1. The number of hydrogen-bond donors (Lipinski definition) is 0. The van der Waals surface area contributed by atoms with Crippen LogP contribution in [0.25, 0.3) is 0 Å². The number of carbonyl (C=O) groups is 1. The van der Waals surface area contributed by atoms with Gasteiger partial charge < -0.3 is 27.5 Å². The molecule has 1 fully saturated rings. The molecule has 0 N–H and O–H groups in total. The van der Waals surface area contributed by atoms with Gasteiger partial charge in [-0.3, -0.25) is 0 Å². The number of ether oxygens (including phenoxy) is 1. The first kappa shape index (κ1) is 20.2. The maximum Gasteiger partial charge on any atom is 0.482 e. The Labute approximate surface area is 159 Å². The van der Waals surface area contributed by atoms with Gasteiger partial charge in [-0.15, -0.1) is 0 Å². The topological polar surface area (TPSA) is 32.8 Å². The molecular formula is C16H22BF3IN2O2-. The molecular weight excluding hydrogens is 447 g/mol. The van der Waals surface area contributed by atoms with Crippen LogP contribution in [0.4, 0.5) is 23.4 Å². The van der Waals surface area contributed by atoms with Crippen LogP contribution in [0.2, 0.25) is 0 Å². The molecule has 1 aliphatic heterocycles. The van der Waals surface area contributed by atoms with Gasteiger partial charge in [0, 0.05) is 35.4 Å². The molecule has 1 amide bonds. The Hall–Kier alpha value is -1.13. The van der Waals surface area contributed by atoms with E-state index in [2.05, 4.69) is 0 Å². The summed E-state index contributed by atoms with van der Waals surface area (Å²) in [4.78, 5) is 15.7. The van der Waals surface area contributed by atoms with Gasteiger partial charge >= 0.3 is 13.1 Å². The molecule has 1 aliphatic rings. The molecule has 0 unspecified atom stereocenters. The highest BCUT2D eigenvalue weighted by Crippen LogP contribution is 2.25. The molecule has 140 valence electrons. The second-order valence-corrected chi connectivity index (χ2v) is 8.43. The summed E-state index contributed by atoms with van der Waals surface area (Å²) in [6.07, 6.45) is -1.22. The number of carbonyl (C=O) groups excluding carboxylic acids is 1. The Morgan fingerprint density at radius 1 is 1.16 bits per heavy atom. The van der Waals surface area contributed by atoms with Crippen molar-refractivity contribution in [2.24, 2.45) is 0 Å². The van der Waals surface area contributed by atoms with E-state index in [1.165, 1.54) is 0 Å². The first-order chi connectivity index (χ1) is 11.4. The standard InChI is InChI=1S/C16H22BF3IN2O2/c1-16(2,3)25-15(24)23-6-4-22(5-7-23)14-9-12(8-13(21)10-14)11-17(18,19)20/h8-10H,4-7,11H2,1-3H3/q-1. The van der Waals surface area contributed by atoms with Gasteiger partial charge in [0.25, 0.3) is 0 Å². The van der Waals surface area contributed by atoms with Crippen LogP contribution in [0, 0.1) is 3.57 Å². The van der Waals surface area contributed by atoms with E-state index in [0.717, 1.165) is 9.26 Å². The highest BCUT2D eigenvalue weighted by molar-refractivity contribution is 14.1. The fourth-order valence-corrected chi connectivity index (χ4v) is 3.39. The Morgan fingerprint density at radius 2 is 1.76 bits per heavy atom. The lowest BCUT2D eigenvalue weighted by molar-refractivity contribution is 0.0240. The van der Waals surface area contributed by atoms with E-state index in [1.54, 1.807) is 17.0 Å². The molecule has 1 aromatic carbocycles. The fraction of sp³-hybridized carbons (Fsp3) is 0.562. The Kier molecular flexibility index (Phi) is 6.16. The molecule has 0 radical (unpaired) electrons. The third-order valence-electron chi connectivity index (χ3n) is 3.71. The molecule has 25 heavy (non-hydrogen) atoms. The summed E-state index contributed by atoms with van der Waals surface area (Å²) in [6, 6.07) is 5.04. The van der Waals surface area contributed by atoms with Gasteiger partial charge in [0.1, 0.15) is 5.60 Å². The Bertz CT molecular complexity index is 627. The van der Waals surface area contributed by atoms with Crippen LogP contribution in [0.5, 0.6) is 0 Å². The van der Waals surface area contributed by atoms with Crippen LogP contribution in [0.15, 0.2) is 18.2 Å². The number of benzene rings is 1. The van der Waals surface area contributed by atoms with Crippen molar-refractivity contribution >= 4 is 41.3 Å². The van der Waals surface area contributed by atoms with Gasteiger partial charge in [0.05, 0.1) is 0 Å². The van der Waals surface area contributed by atoms with Crippen LogP contribution in [-0.2, 0) is 11.1 Å². The normalized spacial score (nSPS) is 16.1. The largest absolute Gasteiger partial charge is 0.482 e. The zero-order valence-electron chi connectivity index (χ0n) is 14.6. The number of rotatable bonds is 3. The summed E-state index contributed by atoms with van der Waals surface area (Å²) in [5, 5.41) is 0. The molecule has 2 rings (SSSR count). The monoisotopic (exact) mass is 469 g/mol. The quantitative estimate of drug-likeness (QED) is 0.490. The van der Waals surface area contributed by atoms with Crippen molar-refractivity contribution in [3.05, 3.63) is 27.3 Å². The van der Waals surface area contributed by atoms with Gasteiger partial charge in [-0.2, -0.15) is 0 Å². The molecule has 9 heteroatoms. The van der Waals surface area contributed by atoms with Crippen LogP contribution in [0.3, 0.4) is 0 Å². The molecule has 0 aromatic heterocycles. The molecule has 0 atom stereocenters. The zero-order chi connectivity index (χ0) is 18.8. The first-order valence-electron chi connectivity index (χ1n) is 8.16. The van der Waals surface area contributed by atoms with E-state index in [-0.39, 0.29) is 11.7 Å². The van der Waals surface area contributed by atoms with E-state index in [1.807, 2.05) is 54.3 Å². The Morgan fingerprint density at radius 3 is 2.28 bits per heavy atom. The van der Waals surface area contributed by atoms with Crippen LogP contribution >= 0.6 is 22.6 Å². The summed E-state index contributed by atoms with van der Waals surface area (Å²) >= 11 is 2.04. The van der Waals surface area contributed by atoms with Crippen LogP contribution < -0.4 is 4.90 Å². The van der Waals surface area contributed by atoms with Crippen molar-refractivity contribution < 1.29 is 22.5 Å². The maximum atomic E-state index is 12.7. The average molecular weight is 469 g/mol. The first-order valence-corrected chi connectivity index (χ1v) is 9.24. The third kappa shape index (κ3) is 6.60. The number of anilines is 1. The number of halogens is 4. The van der Waals surface area contributed by atoms with E-state index >= 15 is 0 Å². The molecule has 0 saturated carbocycles. The number of nitrogens with zero attached hydrogens (tertiary/aromatic N) is 2. The molecule has 1 heterocycles. The average Bonchev–Trinajstić information content (AvgIpc) is 2.43. The van der Waals surface area contributed by atoms with Crippen molar-refractivity contribution in [3.8, 4) is 0 Å². The van der Waals surface area contributed by atoms with Crippen LogP contribution in [0.1, 0.15) is 26.3 Å². The molecule has 0 bridgehead atoms. The van der Waals surface area contributed by atoms with Crippen molar-refractivity contribution in [1.82, 2.24) is 4.90 Å². The zero-order valence-corrected chi connectivity index (χ0v) is 16.7. The predicted molar refractivity (Wildman–Crippen MR) is 102 cm³/mol. The number of amides is 1. The Balaban J connectivity index is 2.02. The van der Waals surface area contributed by atoms with Crippen molar-refractivity contribution in [2.75, 3.05) is 31.1 Å². The lowest BCUT2D eigenvalue weighted by Crippen LogP contribution is -2.50. The second-order valence-electron chi connectivity index (χ2n) is 7.19. The second kappa shape index (κ2) is 7.63. The van der Waals surface area contributed by atoms with Gasteiger partial charge in [-0.1, -0.05) is 11.9 Å². The highest BCUT2D eigenvalue weighted by Gasteiger charge is 2.27. The van der Waals surface area contributed by atoms with E-state index in [4.69, 9.17) is 4.74 Å². The summed E-state index contributed by atoms with van der Waals surface area (Å²) in [6.45, 7) is 2.69. The summed E-state index contributed by atoms with van der Waals surface area (Å²) in [5.74, 6) is 0. The minimum Gasteiger partial charge on any atom is -0.449 e. The van der Waals surface area contributed by atoms with Crippen LogP contribution in [-0.4, -0.2) is 49.8 Å². The van der Waals surface area contributed by atoms with Gasteiger partial charge in [-0.25, -0.2) is 4.79 Å². The minimum atomic E-state index is -4.86. The smallest absolute Gasteiger partial charge is 0.449 e. The minimum absolute atomic E-state index is 0.281. The molecule has 4 nitrogen and oxygen atoms in total. The molecule has 0 spiro atoms. The number of hydrogen-bond acceptors (Lipinski definition) is 3. The SMILES string of the molecule is CC(C)(C)OC(=O)N1CCN(c2cc(I)cc(C[B-](F)(F)F)c2)CC1. The van der Waals surface area contributed by atoms with Gasteiger partial charge in [-0.05, 0) is 61.6 Å². The maximum absolute atomic E-state index is 12.7.